The fourth-order valence-electron chi connectivity index (χ4n) is 4.53. The Hall–Kier alpha value is -4.39. The molecule has 37 heavy (non-hydrogen) atoms. The summed E-state index contributed by atoms with van der Waals surface area (Å²) in [4.78, 5) is 39.6. The molecule has 1 unspecified atom stereocenters. The Morgan fingerprint density at radius 1 is 0.919 bits per heavy atom. The first-order chi connectivity index (χ1) is 17.5. The minimum Gasteiger partial charge on any atom is -0.507 e. The molecule has 1 fully saturated rings. The summed E-state index contributed by atoms with van der Waals surface area (Å²) >= 11 is 0. The van der Waals surface area contributed by atoms with Crippen LogP contribution in [0.5, 0.6) is 11.5 Å². The van der Waals surface area contributed by atoms with E-state index < -0.39 is 23.7 Å². The molecule has 1 atom stereocenters. The van der Waals surface area contributed by atoms with Crippen molar-refractivity contribution in [1.82, 2.24) is 0 Å². The SMILES string of the molecule is CC(=O)Oc1ccc(C2/C(=C(\O)c3cccc(OC(C)C)c3)C(=O)C(=O)N2c2cc(C)cc(C)c2)cc1. The van der Waals surface area contributed by atoms with Crippen LogP contribution in [0.3, 0.4) is 0 Å². The molecule has 0 bridgehead atoms. The number of benzene rings is 3. The Labute approximate surface area is 215 Å². The summed E-state index contributed by atoms with van der Waals surface area (Å²) in [6.07, 6.45) is -0.0803. The number of anilines is 1. The number of nitrogens with zero attached hydrogens (tertiary/aromatic N) is 1. The minimum atomic E-state index is -0.901. The molecule has 1 amide bonds. The van der Waals surface area contributed by atoms with Crippen LogP contribution in [-0.4, -0.2) is 28.9 Å². The topological polar surface area (TPSA) is 93.1 Å². The van der Waals surface area contributed by atoms with E-state index in [1.807, 2.05) is 45.9 Å². The number of carbonyl (C=O) groups is 3. The lowest BCUT2D eigenvalue weighted by Gasteiger charge is -2.26. The summed E-state index contributed by atoms with van der Waals surface area (Å²) < 4.78 is 10.9. The van der Waals surface area contributed by atoms with Crippen LogP contribution in [0.4, 0.5) is 5.69 Å². The molecule has 1 aliphatic heterocycles. The zero-order valence-corrected chi connectivity index (χ0v) is 21.4. The average molecular weight is 500 g/mol. The standard InChI is InChI=1S/C30H29NO6/c1-17(2)36-25-8-6-7-22(16-25)28(33)26-27(21-9-11-24(12-10-21)37-20(5)32)31(30(35)29(26)34)23-14-18(3)13-19(4)15-23/h6-17,27,33H,1-5H3/b28-26+. The Morgan fingerprint density at radius 3 is 2.16 bits per heavy atom. The Morgan fingerprint density at radius 2 is 1.57 bits per heavy atom. The third-order valence-electron chi connectivity index (χ3n) is 5.87. The van der Waals surface area contributed by atoms with E-state index in [4.69, 9.17) is 9.47 Å². The zero-order valence-electron chi connectivity index (χ0n) is 21.4. The van der Waals surface area contributed by atoms with Crippen molar-refractivity contribution in [3.8, 4) is 11.5 Å². The van der Waals surface area contributed by atoms with E-state index in [1.54, 1.807) is 48.5 Å². The number of aryl methyl sites for hydroxylation is 2. The van der Waals surface area contributed by atoms with Gasteiger partial charge in [-0.15, -0.1) is 0 Å². The van der Waals surface area contributed by atoms with Gasteiger partial charge in [0.1, 0.15) is 17.3 Å². The van der Waals surface area contributed by atoms with Crippen LogP contribution in [0.1, 0.15) is 49.1 Å². The molecule has 1 heterocycles. The van der Waals surface area contributed by atoms with Gasteiger partial charge in [0.15, 0.2) is 0 Å². The Kier molecular flexibility index (Phi) is 7.16. The normalized spacial score (nSPS) is 16.8. The van der Waals surface area contributed by atoms with Crippen LogP contribution >= 0.6 is 0 Å². The van der Waals surface area contributed by atoms with Gasteiger partial charge in [0, 0.05) is 18.2 Å². The number of ether oxygens (including phenoxy) is 2. The monoisotopic (exact) mass is 499 g/mol. The van der Waals surface area contributed by atoms with Crippen molar-refractivity contribution in [3.63, 3.8) is 0 Å². The number of esters is 1. The van der Waals surface area contributed by atoms with E-state index in [9.17, 15) is 19.5 Å². The van der Waals surface area contributed by atoms with Crippen molar-refractivity contribution in [2.24, 2.45) is 0 Å². The smallest absolute Gasteiger partial charge is 0.308 e. The van der Waals surface area contributed by atoms with E-state index in [0.717, 1.165) is 11.1 Å². The van der Waals surface area contributed by atoms with Gasteiger partial charge in [0.2, 0.25) is 0 Å². The molecule has 1 saturated heterocycles. The average Bonchev–Trinajstić information content (AvgIpc) is 3.08. The number of carbonyl (C=O) groups excluding carboxylic acids is 3. The van der Waals surface area contributed by atoms with Crippen molar-refractivity contribution in [2.75, 3.05) is 4.90 Å². The lowest BCUT2D eigenvalue weighted by atomic mass is 9.95. The first kappa shape index (κ1) is 25.7. The summed E-state index contributed by atoms with van der Waals surface area (Å²) in [7, 11) is 0. The molecule has 0 spiro atoms. The molecule has 3 aromatic rings. The van der Waals surface area contributed by atoms with E-state index in [-0.39, 0.29) is 17.4 Å². The Balaban J connectivity index is 1.90. The number of hydrogen-bond donors (Lipinski definition) is 1. The van der Waals surface area contributed by atoms with Gasteiger partial charge in [-0.2, -0.15) is 0 Å². The minimum absolute atomic E-state index is 0.0360. The van der Waals surface area contributed by atoms with E-state index in [0.29, 0.717) is 28.3 Å². The van der Waals surface area contributed by atoms with Gasteiger partial charge >= 0.3 is 5.97 Å². The molecular formula is C30H29NO6. The molecule has 4 rings (SSSR count). The molecule has 7 nitrogen and oxygen atoms in total. The largest absolute Gasteiger partial charge is 0.507 e. The first-order valence-corrected chi connectivity index (χ1v) is 12.0. The lowest BCUT2D eigenvalue weighted by molar-refractivity contribution is -0.132. The zero-order chi connectivity index (χ0) is 26.9. The highest BCUT2D eigenvalue weighted by atomic mass is 16.5. The van der Waals surface area contributed by atoms with Crippen molar-refractivity contribution < 1.29 is 29.0 Å². The van der Waals surface area contributed by atoms with Crippen LogP contribution in [-0.2, 0) is 14.4 Å². The van der Waals surface area contributed by atoms with Crippen LogP contribution in [0.25, 0.3) is 5.76 Å². The molecule has 0 aromatic heterocycles. The Bertz CT molecular complexity index is 1380. The van der Waals surface area contributed by atoms with Crippen molar-refractivity contribution >= 4 is 29.1 Å². The fraction of sp³-hybridized carbons (Fsp3) is 0.233. The maximum Gasteiger partial charge on any atom is 0.308 e. The molecule has 0 saturated carbocycles. The first-order valence-electron chi connectivity index (χ1n) is 12.0. The number of amides is 1. The maximum absolute atomic E-state index is 13.4. The molecule has 1 aliphatic rings. The van der Waals surface area contributed by atoms with Crippen molar-refractivity contribution in [3.05, 3.63) is 94.6 Å². The molecule has 0 aliphatic carbocycles. The van der Waals surface area contributed by atoms with Gasteiger partial charge in [-0.1, -0.05) is 30.3 Å². The molecule has 190 valence electrons. The number of Topliss-reactive ketones (excluding diaryl/α,β-unsaturated/α-hetero) is 1. The second-order valence-corrected chi connectivity index (χ2v) is 9.37. The van der Waals surface area contributed by atoms with Crippen molar-refractivity contribution in [1.29, 1.82) is 0 Å². The van der Waals surface area contributed by atoms with Crippen LogP contribution < -0.4 is 14.4 Å². The van der Waals surface area contributed by atoms with Gasteiger partial charge in [0.25, 0.3) is 11.7 Å². The van der Waals surface area contributed by atoms with Crippen molar-refractivity contribution in [2.45, 2.75) is 46.8 Å². The maximum atomic E-state index is 13.4. The second-order valence-electron chi connectivity index (χ2n) is 9.37. The predicted octanol–water partition coefficient (Wildman–Crippen LogP) is 5.64. The summed E-state index contributed by atoms with van der Waals surface area (Å²) in [5.41, 5.74) is 3.30. The third-order valence-corrected chi connectivity index (χ3v) is 5.87. The van der Waals surface area contributed by atoms with Crippen LogP contribution in [0.15, 0.2) is 72.3 Å². The van der Waals surface area contributed by atoms with Gasteiger partial charge in [0.05, 0.1) is 17.7 Å². The van der Waals surface area contributed by atoms with Crippen LogP contribution in [0.2, 0.25) is 0 Å². The number of rotatable bonds is 6. The summed E-state index contributed by atoms with van der Waals surface area (Å²) in [5.74, 6) is -1.43. The van der Waals surface area contributed by atoms with Gasteiger partial charge < -0.3 is 14.6 Å². The number of aliphatic hydroxyl groups is 1. The van der Waals surface area contributed by atoms with Gasteiger partial charge in [-0.05, 0) is 80.8 Å². The summed E-state index contributed by atoms with van der Waals surface area (Å²) in [5, 5.41) is 11.4. The highest BCUT2D eigenvalue weighted by molar-refractivity contribution is 6.51. The molecule has 3 aromatic carbocycles. The second kappa shape index (κ2) is 10.3. The quantitative estimate of drug-likeness (QED) is 0.155. The molecule has 0 radical (unpaired) electrons. The highest BCUT2D eigenvalue weighted by Crippen LogP contribution is 2.43. The van der Waals surface area contributed by atoms with Crippen LogP contribution in [0, 0.1) is 13.8 Å². The van der Waals surface area contributed by atoms with E-state index >= 15 is 0 Å². The van der Waals surface area contributed by atoms with E-state index in [1.165, 1.54) is 11.8 Å². The fourth-order valence-corrected chi connectivity index (χ4v) is 4.53. The summed E-state index contributed by atoms with van der Waals surface area (Å²) in [6.45, 7) is 8.91. The van der Waals surface area contributed by atoms with Gasteiger partial charge in [-0.25, -0.2) is 0 Å². The number of aliphatic hydroxyl groups excluding tert-OH is 1. The van der Waals surface area contributed by atoms with Gasteiger partial charge in [-0.3, -0.25) is 19.3 Å². The lowest BCUT2D eigenvalue weighted by Crippen LogP contribution is -2.29. The summed E-state index contributed by atoms with van der Waals surface area (Å²) in [6, 6.07) is 18.0. The number of hydrogen-bond acceptors (Lipinski definition) is 6. The molecule has 7 heteroatoms. The number of ketones is 1. The molecular weight excluding hydrogens is 470 g/mol. The van der Waals surface area contributed by atoms with E-state index in [2.05, 4.69) is 0 Å². The highest BCUT2D eigenvalue weighted by Gasteiger charge is 2.47. The molecule has 1 N–H and O–H groups in total. The third kappa shape index (κ3) is 5.40. The predicted molar refractivity (Wildman–Crippen MR) is 141 cm³/mol.